The van der Waals surface area contributed by atoms with Gasteiger partial charge < -0.3 is 49.6 Å². The second-order valence-corrected chi connectivity index (χ2v) is 8.75. The molecule has 0 spiro atoms. The van der Waals surface area contributed by atoms with Crippen molar-refractivity contribution in [2.24, 2.45) is 9.98 Å². The van der Waals surface area contributed by atoms with Crippen molar-refractivity contribution in [3.63, 3.8) is 0 Å². The van der Waals surface area contributed by atoms with E-state index >= 15 is 0 Å². The van der Waals surface area contributed by atoms with Crippen molar-refractivity contribution < 1.29 is 69.7 Å². The quantitative estimate of drug-likeness (QED) is 0.265. The van der Waals surface area contributed by atoms with Crippen LogP contribution >= 0.6 is 0 Å². The summed E-state index contributed by atoms with van der Waals surface area (Å²) in [6.07, 6.45) is 3.71. The Hall–Kier alpha value is -0.411. The summed E-state index contributed by atoms with van der Waals surface area (Å²) in [6.45, 7) is 17.8. The van der Waals surface area contributed by atoms with Crippen LogP contribution in [0.3, 0.4) is 0 Å². The van der Waals surface area contributed by atoms with Gasteiger partial charge in [0.05, 0.1) is 11.4 Å². The normalized spacial score (nSPS) is 10.7. The molecule has 7 heteroatoms. The van der Waals surface area contributed by atoms with Gasteiger partial charge in [0.1, 0.15) is 0 Å². The van der Waals surface area contributed by atoms with Gasteiger partial charge >= 0.3 is 0 Å². The van der Waals surface area contributed by atoms with Gasteiger partial charge in [0.2, 0.25) is 0 Å². The molecule has 0 heterocycles. The van der Waals surface area contributed by atoms with Crippen LogP contribution in [-0.2, 0) is 20.1 Å². The molecule has 0 aliphatic rings. The van der Waals surface area contributed by atoms with Crippen molar-refractivity contribution in [1.29, 1.82) is 0 Å². The zero-order valence-corrected chi connectivity index (χ0v) is 26.1. The van der Waals surface area contributed by atoms with Gasteiger partial charge in [-0.05, 0) is 45.9 Å². The molecule has 0 fully saturated rings. The van der Waals surface area contributed by atoms with Crippen molar-refractivity contribution >= 4 is 23.8 Å². The molecule has 2 nitrogen and oxygen atoms in total. The standard InChI is InChI=1S/C26H36N2.4ClH.Ir/c1-17(2)21-11-9-12-22(18(3)4)25(21)27-15-16-28-26-23(19(5)6)13-10-14-24(26)20(7)8;;;;;/h9-20H,1-8H3;4*1H;/p-4. The fourth-order valence-electron chi connectivity index (χ4n) is 3.54. The second-order valence-electron chi connectivity index (χ2n) is 8.75. The largest absolute Gasteiger partial charge is 1.00 e. The van der Waals surface area contributed by atoms with Crippen LogP contribution < -0.4 is 49.6 Å². The first-order valence-corrected chi connectivity index (χ1v) is 10.6. The van der Waals surface area contributed by atoms with E-state index in [1.807, 2.05) is 12.4 Å². The smallest absolute Gasteiger partial charge is 0.0699 e. The average molecular weight is 711 g/mol. The van der Waals surface area contributed by atoms with E-state index in [0.29, 0.717) is 23.7 Å². The maximum Gasteiger partial charge on any atom is 0.0699 e. The number of hydrogen-bond donors (Lipinski definition) is 0. The first-order chi connectivity index (χ1) is 13.2. The van der Waals surface area contributed by atoms with Crippen LogP contribution in [0.5, 0.6) is 0 Å². The van der Waals surface area contributed by atoms with Crippen molar-refractivity contribution in [3.8, 4) is 0 Å². The Labute approximate surface area is 239 Å². The molecule has 0 unspecified atom stereocenters. The number of para-hydroxylation sites is 2. The SMILES string of the molecule is CC(C)c1cccc(C(C)C)c1N=CC=Nc1c(C(C)C)cccc1C(C)C.[Cl-].[Cl-].[Cl-].[Cl-].[Ir]. The zero-order chi connectivity index (χ0) is 20.8. The summed E-state index contributed by atoms with van der Waals surface area (Å²) in [6, 6.07) is 13.0. The van der Waals surface area contributed by atoms with Crippen LogP contribution in [0.15, 0.2) is 46.4 Å². The predicted octanol–water partition coefficient (Wildman–Crippen LogP) is -3.70. The molecule has 2 aromatic carbocycles. The molecular weight excluding hydrogens is 674 g/mol. The number of hydrogen-bond acceptors (Lipinski definition) is 2. The third kappa shape index (κ3) is 10.8. The van der Waals surface area contributed by atoms with Crippen LogP contribution in [0.1, 0.15) is 101 Å². The maximum atomic E-state index is 4.84. The fourth-order valence-corrected chi connectivity index (χ4v) is 3.54. The van der Waals surface area contributed by atoms with Crippen LogP contribution in [0.2, 0.25) is 0 Å². The minimum Gasteiger partial charge on any atom is -1.00 e. The van der Waals surface area contributed by atoms with Gasteiger partial charge in [0.15, 0.2) is 0 Å². The Morgan fingerprint density at radius 3 is 0.879 bits per heavy atom. The Morgan fingerprint density at radius 2 is 0.697 bits per heavy atom. The van der Waals surface area contributed by atoms with Gasteiger partial charge in [-0.1, -0.05) is 91.8 Å². The molecule has 0 saturated carbocycles. The summed E-state index contributed by atoms with van der Waals surface area (Å²) in [5.41, 5.74) is 7.37. The minimum atomic E-state index is 0. The molecule has 0 atom stereocenters. The maximum absolute atomic E-state index is 4.84. The molecule has 0 aliphatic carbocycles. The fraction of sp³-hybridized carbons (Fsp3) is 0.462. The van der Waals surface area contributed by atoms with Gasteiger partial charge in [0.25, 0.3) is 0 Å². The molecule has 1 radical (unpaired) electrons. The van der Waals surface area contributed by atoms with Gasteiger partial charge in [0, 0.05) is 32.5 Å². The van der Waals surface area contributed by atoms with Gasteiger partial charge in [-0.2, -0.15) is 0 Å². The van der Waals surface area contributed by atoms with E-state index < -0.39 is 0 Å². The van der Waals surface area contributed by atoms with Gasteiger partial charge in [-0.3, -0.25) is 9.98 Å². The van der Waals surface area contributed by atoms with E-state index in [0.717, 1.165) is 11.4 Å². The summed E-state index contributed by atoms with van der Waals surface area (Å²) in [4.78, 5) is 9.68. The monoisotopic (exact) mass is 709 g/mol. The summed E-state index contributed by atoms with van der Waals surface area (Å²) in [7, 11) is 0. The van der Waals surface area contributed by atoms with E-state index in [1.165, 1.54) is 22.3 Å². The second kappa shape index (κ2) is 18.9. The molecule has 0 saturated heterocycles. The zero-order valence-electron chi connectivity index (χ0n) is 20.7. The molecule has 0 bridgehead atoms. The molecule has 191 valence electrons. The molecule has 0 aromatic heterocycles. The predicted molar refractivity (Wildman–Crippen MR) is 126 cm³/mol. The van der Waals surface area contributed by atoms with Crippen LogP contribution in [0.4, 0.5) is 11.4 Å². The number of halogens is 4. The first kappa shape index (κ1) is 39.8. The average Bonchev–Trinajstić information content (AvgIpc) is 2.64. The third-order valence-corrected chi connectivity index (χ3v) is 5.16. The Morgan fingerprint density at radius 1 is 0.485 bits per heavy atom. The Bertz CT molecular complexity index is 739. The number of benzene rings is 2. The van der Waals surface area contributed by atoms with Crippen molar-refractivity contribution in [3.05, 3.63) is 58.7 Å². The van der Waals surface area contributed by atoms with E-state index in [1.54, 1.807) is 0 Å². The van der Waals surface area contributed by atoms with E-state index in [9.17, 15) is 0 Å². The van der Waals surface area contributed by atoms with Crippen molar-refractivity contribution in [2.45, 2.75) is 79.1 Å². The van der Waals surface area contributed by atoms with Crippen molar-refractivity contribution in [1.82, 2.24) is 0 Å². The van der Waals surface area contributed by atoms with Crippen LogP contribution in [-0.4, -0.2) is 12.4 Å². The minimum absolute atomic E-state index is 0. The molecule has 33 heavy (non-hydrogen) atoms. The summed E-state index contributed by atoms with van der Waals surface area (Å²) >= 11 is 0. The van der Waals surface area contributed by atoms with E-state index in [2.05, 4.69) is 91.8 Å². The molecule has 0 N–H and O–H groups in total. The summed E-state index contributed by atoms with van der Waals surface area (Å²) < 4.78 is 0. The van der Waals surface area contributed by atoms with E-state index in [4.69, 9.17) is 9.98 Å². The Kier molecular flexibility index (Phi) is 22.7. The molecule has 0 aliphatic heterocycles. The summed E-state index contributed by atoms with van der Waals surface area (Å²) in [5, 5.41) is 0. The summed E-state index contributed by atoms with van der Waals surface area (Å²) in [5.74, 6) is 1.77. The van der Waals surface area contributed by atoms with Gasteiger partial charge in [-0.25, -0.2) is 0 Å². The molecular formula is C26H36Cl4IrN2-4. The molecule has 0 amide bonds. The van der Waals surface area contributed by atoms with Crippen LogP contribution in [0, 0.1) is 0 Å². The van der Waals surface area contributed by atoms with Crippen LogP contribution in [0.25, 0.3) is 0 Å². The number of rotatable bonds is 7. The Balaban J connectivity index is -0.000000841. The number of nitrogens with zero attached hydrogens (tertiary/aromatic N) is 2. The van der Waals surface area contributed by atoms with E-state index in [-0.39, 0.29) is 69.7 Å². The third-order valence-electron chi connectivity index (χ3n) is 5.16. The van der Waals surface area contributed by atoms with Gasteiger partial charge in [-0.15, -0.1) is 0 Å². The van der Waals surface area contributed by atoms with Crippen molar-refractivity contribution in [2.75, 3.05) is 0 Å². The first-order valence-electron chi connectivity index (χ1n) is 10.6. The number of aliphatic imine (C=N–C) groups is 2. The topological polar surface area (TPSA) is 24.7 Å². The molecule has 2 rings (SSSR count). The molecule has 2 aromatic rings.